The zero-order chi connectivity index (χ0) is 11.0. The molecule has 82 valence electrons. The highest BCUT2D eigenvalue weighted by Crippen LogP contribution is 2.37. The van der Waals surface area contributed by atoms with Crippen molar-refractivity contribution in [2.24, 2.45) is 5.73 Å². The molecule has 2 aromatic rings. The van der Waals surface area contributed by atoms with Crippen LogP contribution in [0.1, 0.15) is 25.1 Å². The minimum atomic E-state index is -0.264. The predicted molar refractivity (Wildman–Crippen MR) is 61.5 cm³/mol. The molecule has 1 aliphatic carbocycles. The van der Waals surface area contributed by atoms with E-state index in [2.05, 4.69) is 15.2 Å². The van der Waals surface area contributed by atoms with Crippen LogP contribution in [0.4, 0.5) is 0 Å². The summed E-state index contributed by atoms with van der Waals surface area (Å²) in [7, 11) is 0. The van der Waals surface area contributed by atoms with Crippen molar-refractivity contribution >= 4 is 0 Å². The monoisotopic (exact) mass is 214 g/mol. The van der Waals surface area contributed by atoms with Gasteiger partial charge in [0.15, 0.2) is 5.82 Å². The lowest BCUT2D eigenvalue weighted by molar-refractivity contribution is 0.239. The first kappa shape index (κ1) is 9.54. The summed E-state index contributed by atoms with van der Waals surface area (Å²) < 4.78 is 0. The van der Waals surface area contributed by atoms with Crippen LogP contribution in [0.5, 0.6) is 0 Å². The van der Waals surface area contributed by atoms with Gasteiger partial charge in [-0.3, -0.25) is 5.10 Å². The largest absolute Gasteiger partial charge is 0.319 e. The number of hydrogen-bond donors (Lipinski definition) is 2. The molecule has 3 N–H and O–H groups in total. The van der Waals surface area contributed by atoms with Crippen LogP contribution in [-0.4, -0.2) is 15.2 Å². The Morgan fingerprint density at radius 1 is 1.19 bits per heavy atom. The van der Waals surface area contributed by atoms with Gasteiger partial charge in [0.25, 0.3) is 0 Å². The fourth-order valence-corrected chi connectivity index (χ4v) is 2.00. The third kappa shape index (κ3) is 1.42. The molecule has 16 heavy (non-hydrogen) atoms. The molecule has 0 bridgehead atoms. The SMILES string of the molecule is NC1(c2nc(-c3ccccc3)n[nH]2)CCC1. The van der Waals surface area contributed by atoms with Crippen LogP contribution < -0.4 is 5.73 Å². The lowest BCUT2D eigenvalue weighted by atomic mass is 9.77. The van der Waals surface area contributed by atoms with Gasteiger partial charge >= 0.3 is 0 Å². The Kier molecular flexibility index (Phi) is 2.04. The third-order valence-corrected chi connectivity index (χ3v) is 3.23. The quantitative estimate of drug-likeness (QED) is 0.801. The molecule has 1 aromatic carbocycles. The number of nitrogens with two attached hydrogens (primary N) is 1. The Morgan fingerprint density at radius 2 is 1.94 bits per heavy atom. The van der Waals surface area contributed by atoms with Crippen molar-refractivity contribution in [3.63, 3.8) is 0 Å². The smallest absolute Gasteiger partial charge is 0.181 e. The van der Waals surface area contributed by atoms with E-state index in [1.54, 1.807) is 0 Å². The first-order chi connectivity index (χ1) is 7.78. The fourth-order valence-electron chi connectivity index (χ4n) is 2.00. The van der Waals surface area contributed by atoms with Crippen LogP contribution in [0.25, 0.3) is 11.4 Å². The average Bonchev–Trinajstić information content (AvgIpc) is 2.77. The van der Waals surface area contributed by atoms with Gasteiger partial charge in [0.1, 0.15) is 5.82 Å². The predicted octanol–water partition coefficient (Wildman–Crippen LogP) is 1.81. The van der Waals surface area contributed by atoms with Gasteiger partial charge in [-0.1, -0.05) is 30.3 Å². The van der Waals surface area contributed by atoms with Crippen LogP contribution in [0, 0.1) is 0 Å². The summed E-state index contributed by atoms with van der Waals surface area (Å²) in [6, 6.07) is 9.93. The summed E-state index contributed by atoms with van der Waals surface area (Å²) >= 11 is 0. The number of benzene rings is 1. The second kappa shape index (κ2) is 3.42. The molecule has 1 fully saturated rings. The maximum atomic E-state index is 6.18. The lowest BCUT2D eigenvalue weighted by Gasteiger charge is -2.35. The number of aromatic amines is 1. The zero-order valence-corrected chi connectivity index (χ0v) is 8.98. The normalized spacial score (nSPS) is 18.1. The van der Waals surface area contributed by atoms with E-state index in [0.29, 0.717) is 0 Å². The summed E-state index contributed by atoms with van der Waals surface area (Å²) in [5, 5.41) is 7.18. The van der Waals surface area contributed by atoms with Crippen molar-refractivity contribution < 1.29 is 0 Å². The molecule has 0 amide bonds. The van der Waals surface area contributed by atoms with E-state index < -0.39 is 0 Å². The molecule has 1 heterocycles. The summed E-state index contributed by atoms with van der Waals surface area (Å²) in [5.74, 6) is 1.55. The second-order valence-corrected chi connectivity index (χ2v) is 4.38. The number of nitrogens with one attached hydrogen (secondary N) is 1. The number of hydrogen-bond acceptors (Lipinski definition) is 3. The maximum absolute atomic E-state index is 6.18. The van der Waals surface area contributed by atoms with Gasteiger partial charge in [-0.25, -0.2) is 4.98 Å². The van der Waals surface area contributed by atoms with Crippen LogP contribution >= 0.6 is 0 Å². The van der Waals surface area contributed by atoms with Gasteiger partial charge in [-0.2, -0.15) is 5.10 Å². The molecule has 1 aromatic heterocycles. The van der Waals surface area contributed by atoms with E-state index >= 15 is 0 Å². The van der Waals surface area contributed by atoms with E-state index in [-0.39, 0.29) is 5.54 Å². The van der Waals surface area contributed by atoms with E-state index in [9.17, 15) is 0 Å². The van der Waals surface area contributed by atoms with Crippen LogP contribution in [0.15, 0.2) is 30.3 Å². The summed E-state index contributed by atoms with van der Waals surface area (Å²) in [5.41, 5.74) is 6.94. The van der Waals surface area contributed by atoms with Gasteiger partial charge in [0, 0.05) is 5.56 Å². The third-order valence-electron chi connectivity index (χ3n) is 3.23. The molecular formula is C12H14N4. The van der Waals surface area contributed by atoms with Crippen molar-refractivity contribution in [3.8, 4) is 11.4 Å². The van der Waals surface area contributed by atoms with Gasteiger partial charge in [-0.05, 0) is 19.3 Å². The molecule has 0 spiro atoms. The Balaban J connectivity index is 1.94. The Hall–Kier alpha value is -1.68. The fraction of sp³-hybridized carbons (Fsp3) is 0.333. The van der Waals surface area contributed by atoms with Crippen molar-refractivity contribution in [2.45, 2.75) is 24.8 Å². The second-order valence-electron chi connectivity index (χ2n) is 4.38. The molecule has 3 rings (SSSR count). The van der Waals surface area contributed by atoms with Crippen molar-refractivity contribution in [1.29, 1.82) is 0 Å². The van der Waals surface area contributed by atoms with Crippen molar-refractivity contribution in [2.75, 3.05) is 0 Å². The summed E-state index contributed by atoms with van der Waals surface area (Å²) in [4.78, 5) is 4.48. The van der Waals surface area contributed by atoms with Gasteiger partial charge in [0.05, 0.1) is 5.54 Å². The lowest BCUT2D eigenvalue weighted by Crippen LogP contribution is -2.44. The number of nitrogens with zero attached hydrogens (tertiary/aromatic N) is 2. The van der Waals surface area contributed by atoms with E-state index in [1.165, 1.54) is 6.42 Å². The molecule has 4 nitrogen and oxygen atoms in total. The highest BCUT2D eigenvalue weighted by molar-refractivity contribution is 5.54. The average molecular weight is 214 g/mol. The summed E-state index contributed by atoms with van der Waals surface area (Å²) in [6.07, 6.45) is 3.17. The number of aromatic nitrogens is 3. The molecule has 0 saturated heterocycles. The first-order valence-electron chi connectivity index (χ1n) is 5.55. The zero-order valence-electron chi connectivity index (χ0n) is 8.98. The van der Waals surface area contributed by atoms with Gasteiger partial charge < -0.3 is 5.73 Å². The summed E-state index contributed by atoms with van der Waals surface area (Å²) in [6.45, 7) is 0. The Morgan fingerprint density at radius 3 is 2.56 bits per heavy atom. The molecule has 0 atom stereocenters. The van der Waals surface area contributed by atoms with Crippen LogP contribution in [0.2, 0.25) is 0 Å². The Labute approximate surface area is 93.9 Å². The van der Waals surface area contributed by atoms with E-state index in [1.807, 2.05) is 30.3 Å². The standard InChI is InChI=1S/C12H14N4/c13-12(7-4-8-12)11-14-10(15-16-11)9-5-2-1-3-6-9/h1-3,5-6H,4,7-8,13H2,(H,14,15,16). The van der Waals surface area contributed by atoms with Crippen LogP contribution in [0.3, 0.4) is 0 Å². The van der Waals surface area contributed by atoms with Gasteiger partial charge in [0.2, 0.25) is 0 Å². The first-order valence-corrected chi connectivity index (χ1v) is 5.55. The molecule has 1 aliphatic rings. The molecule has 4 heteroatoms. The highest BCUT2D eigenvalue weighted by Gasteiger charge is 2.37. The maximum Gasteiger partial charge on any atom is 0.181 e. The van der Waals surface area contributed by atoms with Gasteiger partial charge in [-0.15, -0.1) is 0 Å². The van der Waals surface area contributed by atoms with Crippen LogP contribution in [-0.2, 0) is 5.54 Å². The minimum Gasteiger partial charge on any atom is -0.319 e. The molecule has 1 saturated carbocycles. The molecule has 0 aliphatic heterocycles. The van der Waals surface area contributed by atoms with E-state index in [4.69, 9.17) is 5.73 Å². The van der Waals surface area contributed by atoms with Crippen molar-refractivity contribution in [3.05, 3.63) is 36.2 Å². The minimum absolute atomic E-state index is 0.264. The number of H-pyrrole nitrogens is 1. The number of rotatable bonds is 2. The van der Waals surface area contributed by atoms with Crippen molar-refractivity contribution in [1.82, 2.24) is 15.2 Å². The molecular weight excluding hydrogens is 200 g/mol. The van der Waals surface area contributed by atoms with E-state index in [0.717, 1.165) is 30.1 Å². The topological polar surface area (TPSA) is 67.6 Å². The molecule has 0 radical (unpaired) electrons. The highest BCUT2D eigenvalue weighted by atomic mass is 15.2. The Bertz CT molecular complexity index is 485. The molecule has 0 unspecified atom stereocenters.